The molecule has 0 radical (unpaired) electrons. The van der Waals surface area contributed by atoms with Gasteiger partial charge in [0.05, 0.1) is 30.6 Å². The zero-order valence-electron chi connectivity index (χ0n) is 19.4. The molecule has 0 saturated heterocycles. The van der Waals surface area contributed by atoms with Crippen molar-refractivity contribution in [2.24, 2.45) is 10.9 Å². The van der Waals surface area contributed by atoms with E-state index >= 15 is 0 Å². The number of aromatic nitrogens is 1. The molecule has 1 aliphatic heterocycles. The minimum absolute atomic E-state index is 0.0927. The van der Waals surface area contributed by atoms with Crippen LogP contribution in [-0.2, 0) is 17.7 Å². The van der Waals surface area contributed by atoms with Gasteiger partial charge >= 0.3 is 0 Å². The van der Waals surface area contributed by atoms with Gasteiger partial charge in [-0.25, -0.2) is 9.98 Å². The molecule has 1 aromatic heterocycles. The van der Waals surface area contributed by atoms with Crippen molar-refractivity contribution < 1.29 is 19.8 Å². The predicted molar refractivity (Wildman–Crippen MR) is 129 cm³/mol. The summed E-state index contributed by atoms with van der Waals surface area (Å²) in [5.41, 5.74) is 4.43. The highest BCUT2D eigenvalue weighted by Gasteiger charge is 2.18. The number of fused-ring (bicyclic) bond motifs is 1. The summed E-state index contributed by atoms with van der Waals surface area (Å²) in [6.45, 7) is 8.32. The van der Waals surface area contributed by atoms with Crippen LogP contribution in [0.3, 0.4) is 0 Å². The molecule has 180 valence electrons. The van der Waals surface area contributed by atoms with Crippen LogP contribution in [0.15, 0.2) is 42.0 Å². The van der Waals surface area contributed by atoms with Crippen molar-refractivity contribution in [1.82, 2.24) is 9.88 Å². The van der Waals surface area contributed by atoms with Crippen LogP contribution in [0.5, 0.6) is 5.88 Å². The van der Waals surface area contributed by atoms with Gasteiger partial charge in [0, 0.05) is 25.8 Å². The molecule has 2 aromatic rings. The molecular weight excluding hydrogens is 434 g/mol. The van der Waals surface area contributed by atoms with E-state index in [9.17, 15) is 10.4 Å². The van der Waals surface area contributed by atoms with E-state index in [0.717, 1.165) is 37.9 Å². The first-order valence-corrected chi connectivity index (χ1v) is 11.3. The average molecular weight is 466 g/mol. The monoisotopic (exact) mass is 465 g/mol. The lowest BCUT2D eigenvalue weighted by atomic mass is 9.99. The minimum Gasteiger partial charge on any atom is -0.477 e. The van der Waals surface area contributed by atoms with Crippen LogP contribution in [0.2, 0.25) is 0 Å². The van der Waals surface area contributed by atoms with Crippen LogP contribution in [0.25, 0.3) is 5.70 Å². The summed E-state index contributed by atoms with van der Waals surface area (Å²) in [7, 11) is 0. The number of hydrogen-bond acceptors (Lipinski definition) is 9. The van der Waals surface area contributed by atoms with Crippen LogP contribution >= 0.6 is 0 Å². The Morgan fingerprint density at radius 1 is 1.29 bits per heavy atom. The molecule has 0 aliphatic carbocycles. The van der Waals surface area contributed by atoms with E-state index in [1.165, 1.54) is 17.3 Å². The molecule has 1 aliphatic rings. The molecule has 2 heterocycles. The Morgan fingerprint density at radius 3 is 2.74 bits per heavy atom. The maximum absolute atomic E-state index is 9.75. The molecule has 0 amide bonds. The fourth-order valence-corrected chi connectivity index (χ4v) is 3.80. The number of aliphatic imine (C=N–C) groups is 1. The van der Waals surface area contributed by atoms with E-state index in [4.69, 9.17) is 20.6 Å². The molecule has 1 atom stereocenters. The predicted octanol–water partition coefficient (Wildman–Crippen LogP) is 1.80. The highest BCUT2D eigenvalue weighted by atomic mass is 16.6. The highest BCUT2D eigenvalue weighted by Crippen LogP contribution is 2.24. The van der Waals surface area contributed by atoms with Crippen LogP contribution in [0.1, 0.15) is 41.2 Å². The van der Waals surface area contributed by atoms with E-state index in [-0.39, 0.29) is 23.9 Å². The van der Waals surface area contributed by atoms with Crippen molar-refractivity contribution in [3.63, 3.8) is 0 Å². The fraction of sp³-hybridized carbons (Fsp3) is 0.400. The molecule has 9 heteroatoms. The average Bonchev–Trinajstić information content (AvgIpc) is 3.07. The highest BCUT2D eigenvalue weighted by molar-refractivity contribution is 5.97. The Morgan fingerprint density at radius 2 is 2.06 bits per heavy atom. The molecular formula is C25H31N5O4. The lowest BCUT2D eigenvalue weighted by molar-refractivity contribution is 0.0605. The largest absolute Gasteiger partial charge is 0.477 e. The van der Waals surface area contributed by atoms with Crippen molar-refractivity contribution in [3.8, 4) is 11.9 Å². The van der Waals surface area contributed by atoms with Gasteiger partial charge < -0.3 is 24.7 Å². The maximum atomic E-state index is 9.75. The Balaban J connectivity index is 1.78. The van der Waals surface area contributed by atoms with Gasteiger partial charge in [-0.15, -0.1) is 0 Å². The lowest BCUT2D eigenvalue weighted by Crippen LogP contribution is -2.35. The van der Waals surface area contributed by atoms with Gasteiger partial charge in [-0.05, 0) is 48.1 Å². The number of aliphatic hydroxyl groups excluding tert-OH is 2. The van der Waals surface area contributed by atoms with Gasteiger partial charge in [0.25, 0.3) is 0 Å². The second-order valence-electron chi connectivity index (χ2n) is 8.14. The number of benzene rings is 1. The Hall–Kier alpha value is -3.29. The van der Waals surface area contributed by atoms with Crippen LogP contribution < -0.4 is 10.6 Å². The first-order valence-electron chi connectivity index (χ1n) is 11.3. The van der Waals surface area contributed by atoms with Crippen LogP contribution in [-0.4, -0.2) is 64.9 Å². The van der Waals surface area contributed by atoms with Gasteiger partial charge in [-0.3, -0.25) is 0 Å². The summed E-state index contributed by atoms with van der Waals surface area (Å²) in [5.74, 6) is 5.83. The quantitative estimate of drug-likeness (QED) is 0.290. The fourth-order valence-electron chi connectivity index (χ4n) is 3.80. The van der Waals surface area contributed by atoms with Crippen molar-refractivity contribution in [2.75, 3.05) is 32.8 Å². The molecule has 4 N–H and O–H groups in total. The molecule has 34 heavy (non-hydrogen) atoms. The minimum atomic E-state index is -0.733. The Bertz CT molecular complexity index is 1080. The first-order chi connectivity index (χ1) is 16.5. The summed E-state index contributed by atoms with van der Waals surface area (Å²) in [5, 5.41) is 28.3. The van der Waals surface area contributed by atoms with E-state index in [0.29, 0.717) is 24.4 Å². The second-order valence-corrected chi connectivity index (χ2v) is 8.14. The summed E-state index contributed by atoms with van der Waals surface area (Å²) in [6.07, 6.45) is 3.24. The van der Waals surface area contributed by atoms with Gasteiger partial charge in [0.1, 0.15) is 11.6 Å². The second kappa shape index (κ2) is 12.3. The number of aliphatic hydroxyl groups is 2. The molecule has 0 bridgehead atoms. The topological polar surface area (TPSA) is 137 Å². The third kappa shape index (κ3) is 6.40. The van der Waals surface area contributed by atoms with Gasteiger partial charge in [-0.1, -0.05) is 25.6 Å². The number of hydrogen-bond donors (Lipinski definition) is 3. The first kappa shape index (κ1) is 25.3. The van der Waals surface area contributed by atoms with Gasteiger partial charge in [0.15, 0.2) is 0 Å². The van der Waals surface area contributed by atoms with E-state index < -0.39 is 6.10 Å². The normalized spacial score (nSPS) is 15.1. The molecule has 1 aromatic carbocycles. The van der Waals surface area contributed by atoms with Crippen molar-refractivity contribution >= 4 is 11.6 Å². The number of nitrogens with zero attached hydrogens (tertiary/aromatic N) is 4. The van der Waals surface area contributed by atoms with E-state index in [1.54, 1.807) is 6.07 Å². The van der Waals surface area contributed by atoms with Gasteiger partial charge in [0.2, 0.25) is 11.8 Å². The maximum Gasteiger partial charge on any atom is 0.246 e. The van der Waals surface area contributed by atoms with Crippen molar-refractivity contribution in [3.05, 3.63) is 64.9 Å². The number of β-amino-alcohol motifs (C(OH)–C–C–N with tert-alkyl or cyclic N) is 1. The number of nitrogens with two attached hydrogens (primary N) is 1. The number of nitriles is 1. The summed E-state index contributed by atoms with van der Waals surface area (Å²) >= 11 is 0. The smallest absolute Gasteiger partial charge is 0.246 e. The molecule has 0 saturated carbocycles. The Kier molecular flexibility index (Phi) is 9.13. The molecule has 9 nitrogen and oxygen atoms in total. The zero-order chi connectivity index (χ0) is 24.5. The van der Waals surface area contributed by atoms with E-state index in [1.807, 2.05) is 13.0 Å². The van der Waals surface area contributed by atoms with Gasteiger partial charge in [-0.2, -0.15) is 11.2 Å². The van der Waals surface area contributed by atoms with Crippen LogP contribution in [0, 0.1) is 11.3 Å². The lowest BCUT2D eigenvalue weighted by Gasteiger charge is -2.21. The van der Waals surface area contributed by atoms with E-state index in [2.05, 4.69) is 39.7 Å². The summed E-state index contributed by atoms with van der Waals surface area (Å²) < 4.78 is 5.50. The third-order valence-corrected chi connectivity index (χ3v) is 5.62. The van der Waals surface area contributed by atoms with Crippen molar-refractivity contribution in [2.45, 2.75) is 32.3 Å². The van der Waals surface area contributed by atoms with Crippen molar-refractivity contribution in [1.29, 1.82) is 5.26 Å². The number of ether oxygens (including phenoxy) is 1. The molecule has 0 spiro atoms. The number of rotatable bonds is 9. The summed E-state index contributed by atoms with van der Waals surface area (Å²) in [4.78, 5) is 15.8. The molecule has 0 unspecified atom stereocenters. The third-order valence-electron chi connectivity index (χ3n) is 5.62. The molecule has 0 fully saturated rings. The summed E-state index contributed by atoms with van der Waals surface area (Å²) in [6, 6.07) is 9.72. The number of pyridine rings is 1. The molecule has 3 rings (SSSR count). The SMILES string of the molecule is C=C(N=C(ON)c1cnc(OCCC)c(C#N)c1)c1ccc2c(c1)CCN(C[C@H](O)CO)CC2. The van der Waals surface area contributed by atoms with Crippen LogP contribution in [0.4, 0.5) is 0 Å². The standard InChI is InChI=1S/C25H31N5O4/c1-3-10-33-24-21(13-26)12-22(14-28-24)25(34-27)29-17(2)19-5-4-18-6-8-30(15-23(32)16-31)9-7-20(18)11-19/h4-5,11-12,14,23,31-32H,2-3,6-10,15-16,27H2,1H3/t23-/m0/s1. The zero-order valence-corrected chi connectivity index (χ0v) is 19.4. The Labute approximate surface area is 199 Å².